The molecule has 0 saturated carbocycles. The second kappa shape index (κ2) is 6.18. The van der Waals surface area contributed by atoms with Gasteiger partial charge in [-0.1, -0.05) is 0 Å². The van der Waals surface area contributed by atoms with Crippen LogP contribution in [0.4, 0.5) is 0 Å². The third kappa shape index (κ3) is 3.50. The Bertz CT molecular complexity index is 208. The van der Waals surface area contributed by atoms with Crippen LogP contribution in [0.2, 0.25) is 0 Å². The number of nitrogens with one attached hydrogen (secondary N) is 1. The van der Waals surface area contributed by atoms with Crippen molar-refractivity contribution in [3.63, 3.8) is 0 Å². The molecule has 0 spiro atoms. The van der Waals surface area contributed by atoms with E-state index in [-0.39, 0.29) is 24.8 Å². The highest BCUT2D eigenvalue weighted by molar-refractivity contribution is 5.85. The first-order valence-electron chi connectivity index (χ1n) is 4.01. The van der Waals surface area contributed by atoms with E-state index in [2.05, 4.69) is 15.4 Å². The summed E-state index contributed by atoms with van der Waals surface area (Å²) in [4.78, 5) is 3.89. The van der Waals surface area contributed by atoms with Crippen LogP contribution in [0.5, 0.6) is 0 Å². The summed E-state index contributed by atoms with van der Waals surface area (Å²) in [6, 6.07) is 0.608. The third-order valence-electron chi connectivity index (χ3n) is 2.04. The molecule has 1 saturated heterocycles. The van der Waals surface area contributed by atoms with E-state index in [1.807, 2.05) is 4.68 Å². The van der Waals surface area contributed by atoms with E-state index in [1.165, 1.54) is 12.8 Å². The van der Waals surface area contributed by atoms with Gasteiger partial charge in [0.1, 0.15) is 12.7 Å². The van der Waals surface area contributed by atoms with Gasteiger partial charge in [0.2, 0.25) is 0 Å². The first kappa shape index (κ1) is 12.7. The van der Waals surface area contributed by atoms with Crippen molar-refractivity contribution in [3.05, 3.63) is 12.7 Å². The molecule has 2 heterocycles. The summed E-state index contributed by atoms with van der Waals surface area (Å²) >= 11 is 0. The fraction of sp³-hybridized carbons (Fsp3) is 0.714. The molecular formula is C7H14Cl2N4. The molecule has 1 atom stereocenters. The Morgan fingerprint density at radius 2 is 2.31 bits per heavy atom. The van der Waals surface area contributed by atoms with Crippen molar-refractivity contribution >= 4 is 24.8 Å². The van der Waals surface area contributed by atoms with Crippen molar-refractivity contribution in [1.82, 2.24) is 20.1 Å². The van der Waals surface area contributed by atoms with Gasteiger partial charge in [0, 0.05) is 6.04 Å². The summed E-state index contributed by atoms with van der Waals surface area (Å²) in [5.74, 6) is 0. The highest BCUT2D eigenvalue weighted by Crippen LogP contribution is 2.05. The van der Waals surface area contributed by atoms with Crippen LogP contribution in [-0.2, 0) is 6.54 Å². The minimum Gasteiger partial charge on any atom is -0.312 e. The molecule has 6 heteroatoms. The van der Waals surface area contributed by atoms with Crippen molar-refractivity contribution in [2.24, 2.45) is 0 Å². The van der Waals surface area contributed by atoms with Gasteiger partial charge < -0.3 is 5.32 Å². The van der Waals surface area contributed by atoms with E-state index in [0.29, 0.717) is 6.04 Å². The van der Waals surface area contributed by atoms with Crippen molar-refractivity contribution in [3.8, 4) is 0 Å². The molecule has 0 bridgehead atoms. The molecule has 0 unspecified atom stereocenters. The van der Waals surface area contributed by atoms with Crippen LogP contribution in [0, 0.1) is 0 Å². The molecule has 1 N–H and O–H groups in total. The molecule has 13 heavy (non-hydrogen) atoms. The third-order valence-corrected chi connectivity index (χ3v) is 2.04. The lowest BCUT2D eigenvalue weighted by Gasteiger charge is -2.08. The van der Waals surface area contributed by atoms with Gasteiger partial charge in [-0.05, 0) is 19.4 Å². The van der Waals surface area contributed by atoms with Crippen LogP contribution in [0.25, 0.3) is 0 Å². The molecule has 0 radical (unpaired) electrons. The lowest BCUT2D eigenvalue weighted by atomic mass is 10.2. The van der Waals surface area contributed by atoms with Gasteiger partial charge in [-0.3, -0.25) is 4.68 Å². The summed E-state index contributed by atoms with van der Waals surface area (Å²) in [5.41, 5.74) is 0. The smallest absolute Gasteiger partial charge is 0.137 e. The lowest BCUT2D eigenvalue weighted by Crippen LogP contribution is -2.26. The van der Waals surface area contributed by atoms with E-state index in [9.17, 15) is 0 Å². The maximum atomic E-state index is 4.05. The van der Waals surface area contributed by atoms with E-state index in [0.717, 1.165) is 13.1 Å². The van der Waals surface area contributed by atoms with Crippen molar-refractivity contribution in [2.45, 2.75) is 25.4 Å². The van der Waals surface area contributed by atoms with E-state index in [4.69, 9.17) is 0 Å². The predicted octanol–water partition coefficient (Wildman–Crippen LogP) is 0.874. The van der Waals surface area contributed by atoms with Crippen molar-refractivity contribution in [2.75, 3.05) is 6.54 Å². The van der Waals surface area contributed by atoms with Gasteiger partial charge >= 0.3 is 0 Å². The average Bonchev–Trinajstić information content (AvgIpc) is 2.60. The fourth-order valence-corrected chi connectivity index (χ4v) is 1.47. The maximum Gasteiger partial charge on any atom is 0.137 e. The molecule has 1 aromatic heterocycles. The van der Waals surface area contributed by atoms with Crippen LogP contribution >= 0.6 is 24.8 Å². The maximum absolute atomic E-state index is 4.05. The number of hydrogen-bond donors (Lipinski definition) is 1. The highest BCUT2D eigenvalue weighted by Gasteiger charge is 2.13. The second-order valence-electron chi connectivity index (χ2n) is 2.91. The Balaban J connectivity index is 0.000000720. The number of nitrogens with zero attached hydrogens (tertiary/aromatic N) is 3. The standard InChI is InChI=1S/C7H12N4.2ClH/c1-2-7(9-3-1)4-11-6-8-5-10-11;;/h5-7,9H,1-4H2;2*1H/t7-;;/m1../s1. The molecular weight excluding hydrogens is 211 g/mol. The zero-order chi connectivity index (χ0) is 7.52. The topological polar surface area (TPSA) is 42.7 Å². The van der Waals surface area contributed by atoms with E-state index < -0.39 is 0 Å². The predicted molar refractivity (Wildman–Crippen MR) is 55.5 cm³/mol. The molecule has 76 valence electrons. The van der Waals surface area contributed by atoms with Gasteiger partial charge in [-0.2, -0.15) is 5.10 Å². The molecule has 0 amide bonds. The Morgan fingerprint density at radius 3 is 2.85 bits per heavy atom. The van der Waals surface area contributed by atoms with Gasteiger partial charge in [0.05, 0.1) is 6.54 Å². The van der Waals surface area contributed by atoms with Crippen molar-refractivity contribution in [1.29, 1.82) is 0 Å². The van der Waals surface area contributed by atoms with Crippen LogP contribution in [0.15, 0.2) is 12.7 Å². The van der Waals surface area contributed by atoms with Gasteiger partial charge in [0.25, 0.3) is 0 Å². The van der Waals surface area contributed by atoms with Crippen LogP contribution in [-0.4, -0.2) is 27.4 Å². The summed E-state index contributed by atoms with van der Waals surface area (Å²) in [7, 11) is 0. The Labute approximate surface area is 89.9 Å². The Morgan fingerprint density at radius 1 is 1.46 bits per heavy atom. The summed E-state index contributed by atoms with van der Waals surface area (Å²) in [6.07, 6.45) is 5.90. The number of rotatable bonds is 2. The van der Waals surface area contributed by atoms with E-state index in [1.54, 1.807) is 12.7 Å². The number of halogens is 2. The van der Waals surface area contributed by atoms with Crippen LogP contribution in [0.3, 0.4) is 0 Å². The summed E-state index contributed by atoms with van der Waals surface area (Å²) < 4.78 is 1.88. The zero-order valence-corrected chi connectivity index (χ0v) is 8.85. The first-order valence-corrected chi connectivity index (χ1v) is 4.01. The molecule has 0 aliphatic carbocycles. The highest BCUT2D eigenvalue weighted by atomic mass is 35.5. The van der Waals surface area contributed by atoms with E-state index >= 15 is 0 Å². The molecule has 2 rings (SSSR count). The normalized spacial score (nSPS) is 20.5. The largest absolute Gasteiger partial charge is 0.312 e. The molecule has 0 aromatic carbocycles. The molecule has 1 fully saturated rings. The van der Waals surface area contributed by atoms with Crippen LogP contribution < -0.4 is 5.32 Å². The average molecular weight is 225 g/mol. The molecule has 1 aliphatic heterocycles. The summed E-state index contributed by atoms with van der Waals surface area (Å²) in [5, 5.41) is 7.45. The van der Waals surface area contributed by atoms with Crippen molar-refractivity contribution < 1.29 is 0 Å². The SMILES string of the molecule is Cl.Cl.c1ncn(C[C@H]2CCCN2)n1. The van der Waals surface area contributed by atoms with Crippen LogP contribution in [0.1, 0.15) is 12.8 Å². The molecule has 4 nitrogen and oxygen atoms in total. The zero-order valence-electron chi connectivity index (χ0n) is 7.22. The quantitative estimate of drug-likeness (QED) is 0.812. The number of hydrogen-bond acceptors (Lipinski definition) is 3. The minimum absolute atomic E-state index is 0. The Kier molecular flexibility index (Phi) is 6.03. The number of aromatic nitrogens is 3. The fourth-order valence-electron chi connectivity index (χ4n) is 1.47. The summed E-state index contributed by atoms with van der Waals surface area (Å²) in [6.45, 7) is 2.11. The van der Waals surface area contributed by atoms with Gasteiger partial charge in [-0.25, -0.2) is 4.98 Å². The molecule has 1 aliphatic rings. The monoisotopic (exact) mass is 224 g/mol. The lowest BCUT2D eigenvalue weighted by molar-refractivity contribution is 0.475. The van der Waals surface area contributed by atoms with Gasteiger partial charge in [0.15, 0.2) is 0 Å². The first-order chi connectivity index (χ1) is 5.45. The second-order valence-corrected chi connectivity index (χ2v) is 2.91. The molecule has 1 aromatic rings. The Hall–Kier alpha value is -0.320. The van der Waals surface area contributed by atoms with Gasteiger partial charge in [-0.15, -0.1) is 24.8 Å². The minimum atomic E-state index is 0.